The maximum Gasteiger partial charge on any atom is 0.237 e. The van der Waals surface area contributed by atoms with Gasteiger partial charge in [-0.25, -0.2) is 0 Å². The largest absolute Gasteiger partial charge is 0.355 e. The molecule has 0 unspecified atom stereocenters. The molecule has 0 spiro atoms. The Morgan fingerprint density at radius 3 is 2.64 bits per heavy atom. The SMILES string of the molecule is Cn1cc(C[C@H](C#N)C(=O)NCCc2ccccc2)c2ccccc21. The van der Waals surface area contributed by atoms with Gasteiger partial charge in [0, 0.05) is 30.7 Å². The number of aromatic nitrogens is 1. The molecule has 4 nitrogen and oxygen atoms in total. The Morgan fingerprint density at radius 2 is 1.88 bits per heavy atom. The third kappa shape index (κ3) is 3.89. The number of hydrogen-bond donors (Lipinski definition) is 1. The highest BCUT2D eigenvalue weighted by atomic mass is 16.1. The summed E-state index contributed by atoms with van der Waals surface area (Å²) in [6.45, 7) is 0.538. The number of carbonyl (C=O) groups excluding carboxylic acids is 1. The van der Waals surface area contributed by atoms with E-state index in [4.69, 9.17) is 0 Å². The number of benzene rings is 2. The van der Waals surface area contributed by atoms with E-state index in [-0.39, 0.29) is 5.91 Å². The van der Waals surface area contributed by atoms with E-state index in [0.29, 0.717) is 13.0 Å². The normalized spacial score (nSPS) is 11.8. The van der Waals surface area contributed by atoms with Crippen molar-refractivity contribution in [3.63, 3.8) is 0 Å². The van der Waals surface area contributed by atoms with Gasteiger partial charge in [0.1, 0.15) is 5.92 Å². The molecule has 1 heterocycles. The number of fused-ring (bicyclic) bond motifs is 1. The van der Waals surface area contributed by atoms with Crippen LogP contribution in [0.2, 0.25) is 0 Å². The van der Waals surface area contributed by atoms with Crippen molar-refractivity contribution >= 4 is 16.8 Å². The summed E-state index contributed by atoms with van der Waals surface area (Å²) in [5.74, 6) is -0.882. The molecule has 1 N–H and O–H groups in total. The third-order valence-electron chi connectivity index (χ3n) is 4.43. The highest BCUT2D eigenvalue weighted by Gasteiger charge is 2.20. The number of amides is 1. The summed E-state index contributed by atoms with van der Waals surface area (Å²) >= 11 is 0. The van der Waals surface area contributed by atoms with Crippen molar-refractivity contribution in [3.05, 3.63) is 71.9 Å². The molecule has 0 bridgehead atoms. The molecular formula is C21H21N3O. The predicted octanol–water partition coefficient (Wildman–Crippen LogP) is 3.22. The number of rotatable bonds is 6. The standard InChI is InChI=1S/C21H21N3O/c1-24-15-18(19-9-5-6-10-20(19)24)13-17(14-22)21(25)23-12-11-16-7-3-2-4-8-16/h2-10,15,17H,11-13H2,1H3,(H,23,25)/t17-/m1/s1. The van der Waals surface area contributed by atoms with Crippen LogP contribution in [0.25, 0.3) is 10.9 Å². The maximum atomic E-state index is 12.4. The van der Waals surface area contributed by atoms with Gasteiger partial charge in [-0.05, 0) is 30.0 Å². The lowest BCUT2D eigenvalue weighted by molar-refractivity contribution is -0.123. The molecule has 0 aliphatic rings. The summed E-state index contributed by atoms with van der Waals surface area (Å²) in [6.07, 6.45) is 3.19. The molecule has 1 atom stereocenters. The van der Waals surface area contributed by atoms with Crippen LogP contribution in [-0.4, -0.2) is 17.0 Å². The van der Waals surface area contributed by atoms with Crippen molar-refractivity contribution < 1.29 is 4.79 Å². The summed E-state index contributed by atoms with van der Waals surface area (Å²) in [5, 5.41) is 13.4. The van der Waals surface area contributed by atoms with E-state index in [2.05, 4.69) is 11.4 Å². The fraction of sp³-hybridized carbons (Fsp3) is 0.238. The molecule has 126 valence electrons. The Labute approximate surface area is 147 Å². The maximum absolute atomic E-state index is 12.4. The molecule has 0 aliphatic heterocycles. The van der Waals surface area contributed by atoms with Crippen molar-refractivity contribution in [3.8, 4) is 6.07 Å². The van der Waals surface area contributed by atoms with Gasteiger partial charge in [-0.1, -0.05) is 48.5 Å². The molecule has 3 rings (SSSR count). The van der Waals surface area contributed by atoms with E-state index in [1.807, 2.05) is 72.4 Å². The first-order chi connectivity index (χ1) is 12.2. The molecular weight excluding hydrogens is 310 g/mol. The molecule has 1 aromatic heterocycles. The predicted molar refractivity (Wildman–Crippen MR) is 98.9 cm³/mol. The van der Waals surface area contributed by atoms with Crippen LogP contribution in [0.3, 0.4) is 0 Å². The Kier molecular flexibility index (Phi) is 5.15. The lowest BCUT2D eigenvalue weighted by Gasteiger charge is -2.10. The van der Waals surface area contributed by atoms with Crippen LogP contribution < -0.4 is 5.32 Å². The summed E-state index contributed by atoms with van der Waals surface area (Å²) in [4.78, 5) is 12.4. The molecule has 0 saturated heterocycles. The van der Waals surface area contributed by atoms with Gasteiger partial charge < -0.3 is 9.88 Å². The quantitative estimate of drug-likeness (QED) is 0.754. The number of para-hydroxylation sites is 1. The molecule has 4 heteroatoms. The summed E-state index contributed by atoms with van der Waals surface area (Å²) in [5.41, 5.74) is 3.31. The Bertz CT molecular complexity index is 906. The fourth-order valence-electron chi connectivity index (χ4n) is 3.10. The van der Waals surface area contributed by atoms with Crippen LogP contribution in [0.15, 0.2) is 60.8 Å². The summed E-state index contributed by atoms with van der Waals surface area (Å²) in [6, 6.07) is 20.2. The summed E-state index contributed by atoms with van der Waals surface area (Å²) < 4.78 is 2.03. The first kappa shape index (κ1) is 16.8. The second-order valence-electron chi connectivity index (χ2n) is 6.19. The average molecular weight is 331 g/mol. The third-order valence-corrected chi connectivity index (χ3v) is 4.43. The van der Waals surface area contributed by atoms with Gasteiger partial charge >= 0.3 is 0 Å². The Balaban J connectivity index is 1.63. The van der Waals surface area contributed by atoms with Crippen LogP contribution >= 0.6 is 0 Å². The van der Waals surface area contributed by atoms with Crippen LogP contribution in [0.5, 0.6) is 0 Å². The number of aryl methyl sites for hydroxylation is 1. The molecule has 1 amide bonds. The van der Waals surface area contributed by atoms with Crippen LogP contribution in [0, 0.1) is 17.2 Å². The van der Waals surface area contributed by atoms with Crippen molar-refractivity contribution in [2.45, 2.75) is 12.8 Å². The molecule has 0 fully saturated rings. The number of nitriles is 1. The highest BCUT2D eigenvalue weighted by molar-refractivity contribution is 5.86. The van der Waals surface area contributed by atoms with E-state index in [0.717, 1.165) is 22.9 Å². The van der Waals surface area contributed by atoms with Gasteiger partial charge in [0.2, 0.25) is 5.91 Å². The second-order valence-corrected chi connectivity index (χ2v) is 6.19. The zero-order valence-electron chi connectivity index (χ0n) is 14.3. The van der Waals surface area contributed by atoms with E-state index < -0.39 is 5.92 Å². The lowest BCUT2D eigenvalue weighted by atomic mass is 9.99. The zero-order chi connectivity index (χ0) is 17.6. The van der Waals surface area contributed by atoms with Gasteiger partial charge in [0.05, 0.1) is 6.07 Å². The van der Waals surface area contributed by atoms with E-state index in [9.17, 15) is 10.1 Å². The second kappa shape index (κ2) is 7.67. The van der Waals surface area contributed by atoms with Crippen molar-refractivity contribution in [2.24, 2.45) is 13.0 Å². The molecule has 3 aromatic rings. The number of nitrogens with one attached hydrogen (secondary N) is 1. The minimum atomic E-state index is -0.679. The molecule has 25 heavy (non-hydrogen) atoms. The number of carbonyl (C=O) groups is 1. The van der Waals surface area contributed by atoms with E-state index in [1.54, 1.807) is 0 Å². The van der Waals surface area contributed by atoms with Gasteiger partial charge in [-0.3, -0.25) is 4.79 Å². The number of hydrogen-bond acceptors (Lipinski definition) is 2. The zero-order valence-corrected chi connectivity index (χ0v) is 14.3. The smallest absolute Gasteiger partial charge is 0.237 e. The van der Waals surface area contributed by atoms with E-state index >= 15 is 0 Å². The highest BCUT2D eigenvalue weighted by Crippen LogP contribution is 2.22. The lowest BCUT2D eigenvalue weighted by Crippen LogP contribution is -2.32. The first-order valence-electron chi connectivity index (χ1n) is 8.43. The fourth-order valence-corrected chi connectivity index (χ4v) is 3.10. The Hall–Kier alpha value is -3.06. The summed E-state index contributed by atoms with van der Waals surface area (Å²) in [7, 11) is 1.98. The first-order valence-corrected chi connectivity index (χ1v) is 8.43. The van der Waals surface area contributed by atoms with Crippen molar-refractivity contribution in [1.29, 1.82) is 5.26 Å². The van der Waals surface area contributed by atoms with Gasteiger partial charge in [0.25, 0.3) is 0 Å². The van der Waals surface area contributed by atoms with Crippen LogP contribution in [0.1, 0.15) is 11.1 Å². The topological polar surface area (TPSA) is 57.8 Å². The van der Waals surface area contributed by atoms with Crippen LogP contribution in [0.4, 0.5) is 0 Å². The Morgan fingerprint density at radius 1 is 1.16 bits per heavy atom. The van der Waals surface area contributed by atoms with Gasteiger partial charge in [-0.15, -0.1) is 0 Å². The molecule has 0 radical (unpaired) electrons. The molecule has 2 aromatic carbocycles. The minimum absolute atomic E-state index is 0.202. The monoisotopic (exact) mass is 331 g/mol. The molecule has 0 aliphatic carbocycles. The van der Waals surface area contributed by atoms with Gasteiger partial charge in [0.15, 0.2) is 0 Å². The van der Waals surface area contributed by atoms with Gasteiger partial charge in [-0.2, -0.15) is 5.26 Å². The van der Waals surface area contributed by atoms with Crippen LogP contribution in [-0.2, 0) is 24.7 Å². The minimum Gasteiger partial charge on any atom is -0.355 e. The number of nitrogens with zero attached hydrogens (tertiary/aromatic N) is 2. The molecule has 0 saturated carbocycles. The van der Waals surface area contributed by atoms with Crippen molar-refractivity contribution in [1.82, 2.24) is 9.88 Å². The van der Waals surface area contributed by atoms with E-state index in [1.165, 1.54) is 5.56 Å². The average Bonchev–Trinajstić information content (AvgIpc) is 2.96. The van der Waals surface area contributed by atoms with Crippen molar-refractivity contribution in [2.75, 3.05) is 6.54 Å².